The number of halogens is 1. The lowest BCUT2D eigenvalue weighted by Gasteiger charge is -2.05. The second-order valence-corrected chi connectivity index (χ2v) is 2.22. The molecule has 0 radical (unpaired) electrons. The molecule has 0 amide bonds. The summed E-state index contributed by atoms with van der Waals surface area (Å²) in [6.07, 6.45) is 0. The molecule has 1 aromatic heterocycles. The van der Waals surface area contributed by atoms with Crippen molar-refractivity contribution in [2.75, 3.05) is 12.5 Å². The van der Waals surface area contributed by atoms with E-state index in [4.69, 9.17) is 22.2 Å². The molecule has 0 bridgehead atoms. The smallest absolute Gasteiger partial charge is 0.239 e. The molecule has 1 rings (SSSR count). The highest BCUT2D eigenvalue weighted by Gasteiger charge is 2.01. The summed E-state index contributed by atoms with van der Waals surface area (Å²) in [5, 5.41) is 0.376. The summed E-state index contributed by atoms with van der Waals surface area (Å²) in [6.45, 7) is 0. The maximum Gasteiger partial charge on any atom is 0.239 e. The summed E-state index contributed by atoms with van der Waals surface area (Å²) >= 11 is 5.59. The Morgan fingerprint density at radius 3 is 2.91 bits per heavy atom. The fourth-order valence-electron chi connectivity index (χ4n) is 0.683. The van der Waals surface area contributed by atoms with E-state index in [9.17, 15) is 0 Å². The minimum Gasteiger partial charge on any atom is -0.479 e. The molecule has 0 fully saturated rings. The Bertz CT molecular complexity index is 254. The molecule has 0 aliphatic rings. The molecule has 5 heteroatoms. The SMILES string of the molecule is COc1nc(Cl)ccc1NN. The molecule has 0 aliphatic carbocycles. The molecule has 1 heterocycles. The van der Waals surface area contributed by atoms with Crippen LogP contribution in [-0.4, -0.2) is 12.1 Å². The van der Waals surface area contributed by atoms with Crippen LogP contribution >= 0.6 is 11.6 Å². The first-order valence-corrected chi connectivity index (χ1v) is 3.33. The molecule has 11 heavy (non-hydrogen) atoms. The van der Waals surface area contributed by atoms with Crippen molar-refractivity contribution < 1.29 is 4.74 Å². The number of hydrazine groups is 1. The molecule has 0 saturated carbocycles. The Balaban J connectivity index is 3.06. The molecule has 0 unspecified atom stereocenters. The molecule has 4 nitrogen and oxygen atoms in total. The zero-order chi connectivity index (χ0) is 8.27. The Hall–Kier alpha value is -1.00. The lowest BCUT2D eigenvalue weighted by molar-refractivity contribution is 0.400. The van der Waals surface area contributed by atoms with Crippen LogP contribution in [-0.2, 0) is 0 Å². The zero-order valence-corrected chi connectivity index (χ0v) is 6.72. The van der Waals surface area contributed by atoms with E-state index in [-0.39, 0.29) is 0 Å². The number of anilines is 1. The fourth-order valence-corrected chi connectivity index (χ4v) is 0.823. The van der Waals surface area contributed by atoms with Crippen LogP contribution in [0.4, 0.5) is 5.69 Å². The summed E-state index contributed by atoms with van der Waals surface area (Å²) in [5.41, 5.74) is 3.04. The molecule has 0 saturated heterocycles. The van der Waals surface area contributed by atoms with Gasteiger partial charge in [-0.1, -0.05) is 11.6 Å². The van der Waals surface area contributed by atoms with Gasteiger partial charge in [-0.3, -0.25) is 5.84 Å². The number of nitrogens with one attached hydrogen (secondary N) is 1. The number of ether oxygens (including phenoxy) is 1. The maximum absolute atomic E-state index is 5.59. The number of nitrogens with zero attached hydrogens (tertiary/aromatic N) is 1. The predicted molar refractivity (Wildman–Crippen MR) is 43.6 cm³/mol. The van der Waals surface area contributed by atoms with Gasteiger partial charge in [0.15, 0.2) is 0 Å². The van der Waals surface area contributed by atoms with Crippen molar-refractivity contribution in [1.82, 2.24) is 4.98 Å². The maximum atomic E-state index is 5.59. The van der Waals surface area contributed by atoms with Crippen LogP contribution in [0.2, 0.25) is 5.15 Å². The van der Waals surface area contributed by atoms with Crippen molar-refractivity contribution in [3.63, 3.8) is 0 Å². The van der Waals surface area contributed by atoms with E-state index < -0.39 is 0 Å². The zero-order valence-electron chi connectivity index (χ0n) is 5.97. The van der Waals surface area contributed by atoms with Crippen LogP contribution < -0.4 is 16.0 Å². The molecular formula is C6H8ClN3O. The van der Waals surface area contributed by atoms with Gasteiger partial charge in [-0.2, -0.15) is 4.98 Å². The lowest BCUT2D eigenvalue weighted by atomic mass is 10.4. The Morgan fingerprint density at radius 1 is 1.64 bits per heavy atom. The highest BCUT2D eigenvalue weighted by Crippen LogP contribution is 2.21. The van der Waals surface area contributed by atoms with E-state index in [1.165, 1.54) is 7.11 Å². The number of hydrogen-bond donors (Lipinski definition) is 2. The van der Waals surface area contributed by atoms with E-state index in [1.807, 2.05) is 0 Å². The van der Waals surface area contributed by atoms with Gasteiger partial charge in [0.1, 0.15) is 10.8 Å². The molecular weight excluding hydrogens is 166 g/mol. The number of nitrogens with two attached hydrogens (primary N) is 1. The van der Waals surface area contributed by atoms with E-state index in [1.54, 1.807) is 12.1 Å². The minimum atomic E-state index is 0.376. The number of nitrogen functional groups attached to an aromatic ring is 1. The summed E-state index contributed by atoms with van der Waals surface area (Å²) in [4.78, 5) is 3.86. The van der Waals surface area contributed by atoms with Crippen molar-refractivity contribution in [3.05, 3.63) is 17.3 Å². The van der Waals surface area contributed by atoms with Crippen molar-refractivity contribution >= 4 is 17.3 Å². The number of rotatable bonds is 2. The summed E-state index contributed by atoms with van der Waals surface area (Å²) < 4.78 is 4.88. The van der Waals surface area contributed by atoms with Gasteiger partial charge in [0.05, 0.1) is 7.11 Å². The van der Waals surface area contributed by atoms with E-state index >= 15 is 0 Å². The third-order valence-electron chi connectivity index (χ3n) is 1.18. The second kappa shape index (κ2) is 3.41. The number of hydrogen-bond acceptors (Lipinski definition) is 4. The fraction of sp³-hybridized carbons (Fsp3) is 0.167. The molecule has 1 aromatic rings. The van der Waals surface area contributed by atoms with Crippen LogP contribution in [0.1, 0.15) is 0 Å². The summed E-state index contributed by atoms with van der Waals surface area (Å²) in [6, 6.07) is 3.31. The summed E-state index contributed by atoms with van der Waals surface area (Å²) in [5.74, 6) is 5.55. The largest absolute Gasteiger partial charge is 0.479 e. The highest BCUT2D eigenvalue weighted by atomic mass is 35.5. The first kappa shape index (κ1) is 8.10. The van der Waals surface area contributed by atoms with Gasteiger partial charge in [0.25, 0.3) is 0 Å². The predicted octanol–water partition coefficient (Wildman–Crippen LogP) is 1.03. The topological polar surface area (TPSA) is 60.2 Å². The van der Waals surface area contributed by atoms with E-state index in [0.29, 0.717) is 16.7 Å². The minimum absolute atomic E-state index is 0.376. The normalized spacial score (nSPS) is 9.36. The van der Waals surface area contributed by atoms with Crippen LogP contribution in [0, 0.1) is 0 Å². The second-order valence-electron chi connectivity index (χ2n) is 1.84. The van der Waals surface area contributed by atoms with Gasteiger partial charge in [-0.25, -0.2) is 0 Å². The van der Waals surface area contributed by atoms with Crippen molar-refractivity contribution in [2.24, 2.45) is 5.84 Å². The number of aromatic nitrogens is 1. The molecule has 0 aliphatic heterocycles. The Labute approximate surface area is 69.3 Å². The van der Waals surface area contributed by atoms with Crippen molar-refractivity contribution in [1.29, 1.82) is 0 Å². The molecule has 0 aromatic carbocycles. The van der Waals surface area contributed by atoms with Gasteiger partial charge < -0.3 is 10.2 Å². The Kier molecular flexibility index (Phi) is 2.51. The first-order valence-electron chi connectivity index (χ1n) is 2.95. The van der Waals surface area contributed by atoms with Gasteiger partial charge in [0, 0.05) is 0 Å². The van der Waals surface area contributed by atoms with Crippen LogP contribution in [0.15, 0.2) is 12.1 Å². The third-order valence-corrected chi connectivity index (χ3v) is 1.39. The van der Waals surface area contributed by atoms with Gasteiger partial charge in [-0.05, 0) is 12.1 Å². The average Bonchev–Trinajstić information content (AvgIpc) is 2.04. The monoisotopic (exact) mass is 173 g/mol. The molecule has 60 valence electrons. The third kappa shape index (κ3) is 1.72. The average molecular weight is 174 g/mol. The first-order chi connectivity index (χ1) is 5.27. The van der Waals surface area contributed by atoms with Crippen LogP contribution in [0.25, 0.3) is 0 Å². The lowest BCUT2D eigenvalue weighted by Crippen LogP contribution is -2.08. The van der Waals surface area contributed by atoms with E-state index in [2.05, 4.69) is 10.4 Å². The van der Waals surface area contributed by atoms with Gasteiger partial charge >= 0.3 is 0 Å². The standard InChI is InChI=1S/C6H8ClN3O/c1-11-6-4(10-8)2-3-5(7)9-6/h2-3,10H,8H2,1H3. The molecule has 3 N–H and O–H groups in total. The number of methoxy groups -OCH3 is 1. The van der Waals surface area contributed by atoms with Crippen LogP contribution in [0.3, 0.4) is 0 Å². The van der Waals surface area contributed by atoms with E-state index in [0.717, 1.165) is 0 Å². The highest BCUT2D eigenvalue weighted by molar-refractivity contribution is 6.29. The number of pyridine rings is 1. The molecule has 0 atom stereocenters. The van der Waals surface area contributed by atoms with Gasteiger partial charge in [0.2, 0.25) is 5.88 Å². The molecule has 0 spiro atoms. The van der Waals surface area contributed by atoms with Crippen molar-refractivity contribution in [2.45, 2.75) is 0 Å². The Morgan fingerprint density at radius 2 is 2.36 bits per heavy atom. The summed E-state index contributed by atoms with van der Waals surface area (Å²) in [7, 11) is 1.50. The van der Waals surface area contributed by atoms with Crippen LogP contribution in [0.5, 0.6) is 5.88 Å². The quantitative estimate of drug-likeness (QED) is 0.399. The van der Waals surface area contributed by atoms with Crippen molar-refractivity contribution in [3.8, 4) is 5.88 Å². The van der Waals surface area contributed by atoms with Gasteiger partial charge in [-0.15, -0.1) is 0 Å².